The number of aromatic nitrogens is 1. The molecule has 0 atom stereocenters. The van der Waals surface area contributed by atoms with Gasteiger partial charge in [-0.25, -0.2) is 0 Å². The molecule has 1 aromatic carbocycles. The lowest BCUT2D eigenvalue weighted by molar-refractivity contribution is 0.307. The number of hydrogen-bond acceptors (Lipinski definition) is 3. The maximum atomic E-state index is 6.00. The SMILES string of the molecule is Nc1cccc(Cl)c1OCc1cncc(Br)c1. The van der Waals surface area contributed by atoms with Crippen molar-refractivity contribution in [1.29, 1.82) is 0 Å². The Hall–Kier alpha value is -1.26. The van der Waals surface area contributed by atoms with Crippen molar-refractivity contribution < 1.29 is 4.74 Å². The summed E-state index contributed by atoms with van der Waals surface area (Å²) in [4.78, 5) is 4.05. The van der Waals surface area contributed by atoms with E-state index in [1.54, 1.807) is 30.6 Å². The summed E-state index contributed by atoms with van der Waals surface area (Å²) >= 11 is 9.35. The van der Waals surface area contributed by atoms with E-state index in [2.05, 4.69) is 20.9 Å². The molecule has 0 spiro atoms. The van der Waals surface area contributed by atoms with Crippen LogP contribution in [0, 0.1) is 0 Å². The topological polar surface area (TPSA) is 48.1 Å². The van der Waals surface area contributed by atoms with E-state index in [1.807, 2.05) is 6.07 Å². The molecule has 0 aliphatic heterocycles. The van der Waals surface area contributed by atoms with Crippen molar-refractivity contribution in [2.45, 2.75) is 6.61 Å². The average molecular weight is 314 g/mol. The number of rotatable bonds is 3. The van der Waals surface area contributed by atoms with Gasteiger partial charge in [0.1, 0.15) is 6.61 Å². The largest absolute Gasteiger partial charge is 0.485 e. The van der Waals surface area contributed by atoms with Gasteiger partial charge in [-0.2, -0.15) is 0 Å². The van der Waals surface area contributed by atoms with E-state index in [0.717, 1.165) is 10.0 Å². The first-order valence-corrected chi connectivity index (χ1v) is 6.10. The molecule has 3 nitrogen and oxygen atoms in total. The fourth-order valence-corrected chi connectivity index (χ4v) is 2.02. The van der Waals surface area contributed by atoms with E-state index in [9.17, 15) is 0 Å². The fourth-order valence-electron chi connectivity index (χ4n) is 1.37. The summed E-state index contributed by atoms with van der Waals surface area (Å²) in [5.41, 5.74) is 7.25. The van der Waals surface area contributed by atoms with Gasteiger partial charge in [-0.1, -0.05) is 17.7 Å². The minimum atomic E-state index is 0.375. The van der Waals surface area contributed by atoms with Crippen LogP contribution in [-0.4, -0.2) is 4.98 Å². The Morgan fingerprint density at radius 2 is 2.18 bits per heavy atom. The third kappa shape index (κ3) is 3.11. The summed E-state index contributed by atoms with van der Waals surface area (Å²) < 4.78 is 6.50. The maximum absolute atomic E-state index is 6.00. The van der Waals surface area contributed by atoms with Crippen LogP contribution in [0.25, 0.3) is 0 Å². The molecule has 0 amide bonds. The van der Waals surface area contributed by atoms with Crippen LogP contribution in [-0.2, 0) is 6.61 Å². The summed E-state index contributed by atoms with van der Waals surface area (Å²) in [7, 11) is 0. The second kappa shape index (κ2) is 5.38. The smallest absolute Gasteiger partial charge is 0.161 e. The molecule has 0 aliphatic carbocycles. The van der Waals surface area contributed by atoms with E-state index >= 15 is 0 Å². The number of nitrogen functional groups attached to an aromatic ring is 1. The molecule has 0 saturated heterocycles. The molecular formula is C12H10BrClN2O. The highest BCUT2D eigenvalue weighted by Gasteiger charge is 2.06. The molecule has 1 aromatic heterocycles. The van der Waals surface area contributed by atoms with Crippen LogP contribution in [0.3, 0.4) is 0 Å². The Labute approximate surface area is 113 Å². The van der Waals surface area contributed by atoms with Gasteiger partial charge in [-0.3, -0.25) is 4.98 Å². The van der Waals surface area contributed by atoms with Gasteiger partial charge < -0.3 is 10.5 Å². The van der Waals surface area contributed by atoms with Crippen LogP contribution in [0.15, 0.2) is 41.1 Å². The van der Waals surface area contributed by atoms with E-state index in [0.29, 0.717) is 23.1 Å². The first-order valence-electron chi connectivity index (χ1n) is 4.93. The average Bonchev–Trinajstić information content (AvgIpc) is 2.28. The number of halogens is 2. The number of pyridine rings is 1. The standard InChI is InChI=1S/C12H10BrClN2O/c13-9-4-8(5-16-6-9)7-17-12-10(14)2-1-3-11(12)15/h1-6H,7,15H2. The first-order chi connectivity index (χ1) is 8.16. The normalized spacial score (nSPS) is 10.2. The third-order valence-electron chi connectivity index (χ3n) is 2.14. The molecule has 0 unspecified atom stereocenters. The minimum absolute atomic E-state index is 0.375. The molecule has 5 heteroatoms. The van der Waals surface area contributed by atoms with Gasteiger partial charge >= 0.3 is 0 Å². The molecule has 2 N–H and O–H groups in total. The summed E-state index contributed by atoms with van der Waals surface area (Å²) in [5.74, 6) is 0.508. The monoisotopic (exact) mass is 312 g/mol. The molecule has 2 aromatic rings. The lowest BCUT2D eigenvalue weighted by Gasteiger charge is -2.10. The van der Waals surface area contributed by atoms with Gasteiger partial charge in [0.25, 0.3) is 0 Å². The highest BCUT2D eigenvalue weighted by Crippen LogP contribution is 2.31. The van der Waals surface area contributed by atoms with Crippen molar-refractivity contribution >= 4 is 33.2 Å². The second-order valence-electron chi connectivity index (χ2n) is 3.46. The Morgan fingerprint density at radius 3 is 2.88 bits per heavy atom. The quantitative estimate of drug-likeness (QED) is 0.880. The zero-order valence-electron chi connectivity index (χ0n) is 8.86. The fraction of sp³-hybridized carbons (Fsp3) is 0.0833. The van der Waals surface area contributed by atoms with Crippen LogP contribution < -0.4 is 10.5 Å². The van der Waals surface area contributed by atoms with Crippen LogP contribution in [0.5, 0.6) is 5.75 Å². The number of benzene rings is 1. The molecule has 0 fully saturated rings. The molecule has 2 rings (SSSR count). The number of para-hydroxylation sites is 1. The van der Waals surface area contributed by atoms with Crippen LogP contribution >= 0.6 is 27.5 Å². The molecule has 17 heavy (non-hydrogen) atoms. The summed E-state index contributed by atoms with van der Waals surface area (Å²) in [5, 5.41) is 0.507. The third-order valence-corrected chi connectivity index (χ3v) is 2.87. The predicted molar refractivity (Wildman–Crippen MR) is 72.1 cm³/mol. The van der Waals surface area contributed by atoms with Gasteiger partial charge in [0.15, 0.2) is 5.75 Å². The summed E-state index contributed by atoms with van der Waals surface area (Å²) in [6.07, 6.45) is 3.45. The first kappa shape index (κ1) is 12.2. The molecule has 0 saturated carbocycles. The number of anilines is 1. The van der Waals surface area contributed by atoms with Crippen molar-refractivity contribution in [2.75, 3.05) is 5.73 Å². The van der Waals surface area contributed by atoms with Crippen molar-refractivity contribution in [3.05, 3.63) is 51.7 Å². The molecule has 0 bridgehead atoms. The summed E-state index contributed by atoms with van der Waals surface area (Å²) in [6, 6.07) is 7.21. The minimum Gasteiger partial charge on any atom is -0.485 e. The zero-order valence-corrected chi connectivity index (χ0v) is 11.2. The van der Waals surface area contributed by atoms with Crippen molar-refractivity contribution in [3.8, 4) is 5.75 Å². The molecule has 0 radical (unpaired) electrons. The van der Waals surface area contributed by atoms with E-state index in [1.165, 1.54) is 0 Å². The van der Waals surface area contributed by atoms with Crippen molar-refractivity contribution in [1.82, 2.24) is 4.98 Å². The highest BCUT2D eigenvalue weighted by molar-refractivity contribution is 9.10. The van der Waals surface area contributed by atoms with Gasteiger partial charge in [0.2, 0.25) is 0 Å². The van der Waals surface area contributed by atoms with E-state index in [-0.39, 0.29) is 0 Å². The Kier molecular flexibility index (Phi) is 3.86. The maximum Gasteiger partial charge on any atom is 0.161 e. The number of hydrogen-bond donors (Lipinski definition) is 1. The van der Waals surface area contributed by atoms with Crippen molar-refractivity contribution in [2.24, 2.45) is 0 Å². The van der Waals surface area contributed by atoms with Crippen LogP contribution in [0.1, 0.15) is 5.56 Å². The summed E-state index contributed by atoms with van der Waals surface area (Å²) in [6.45, 7) is 0.375. The Balaban J connectivity index is 2.13. The van der Waals surface area contributed by atoms with E-state index < -0.39 is 0 Å². The number of nitrogens with two attached hydrogens (primary N) is 1. The Morgan fingerprint density at radius 1 is 1.35 bits per heavy atom. The highest BCUT2D eigenvalue weighted by atomic mass is 79.9. The second-order valence-corrected chi connectivity index (χ2v) is 4.78. The lowest BCUT2D eigenvalue weighted by Crippen LogP contribution is -1.99. The molecule has 0 aliphatic rings. The molecule has 88 valence electrons. The van der Waals surface area contributed by atoms with Gasteiger partial charge in [0.05, 0.1) is 10.7 Å². The predicted octanol–water partition coefficient (Wildman–Crippen LogP) is 3.66. The van der Waals surface area contributed by atoms with Crippen LogP contribution in [0.2, 0.25) is 5.02 Å². The van der Waals surface area contributed by atoms with Gasteiger partial charge in [-0.15, -0.1) is 0 Å². The van der Waals surface area contributed by atoms with Crippen LogP contribution in [0.4, 0.5) is 5.69 Å². The number of nitrogens with zero attached hydrogens (tertiary/aromatic N) is 1. The lowest BCUT2D eigenvalue weighted by atomic mass is 10.3. The van der Waals surface area contributed by atoms with Gasteiger partial charge in [-0.05, 0) is 34.1 Å². The van der Waals surface area contributed by atoms with E-state index in [4.69, 9.17) is 22.1 Å². The molecular weight excluding hydrogens is 304 g/mol. The Bertz CT molecular complexity index is 513. The zero-order chi connectivity index (χ0) is 12.3. The number of ether oxygens (including phenoxy) is 1. The van der Waals surface area contributed by atoms with Gasteiger partial charge in [0, 0.05) is 22.4 Å². The molecule has 1 heterocycles. The van der Waals surface area contributed by atoms with Crippen molar-refractivity contribution in [3.63, 3.8) is 0 Å².